The molecule has 6 nitrogen and oxygen atoms in total. The lowest BCUT2D eigenvalue weighted by molar-refractivity contribution is -0.124. The van der Waals surface area contributed by atoms with E-state index in [1.165, 1.54) is 7.11 Å². The Morgan fingerprint density at radius 1 is 1.15 bits per heavy atom. The summed E-state index contributed by atoms with van der Waals surface area (Å²) in [6.45, 7) is 5.94. The SMILES string of the molecule is COc1ncccc1CNC(=O)C(NC(=O)c1ccccc1C)C(C)C. The van der Waals surface area contributed by atoms with Crippen LogP contribution in [0.3, 0.4) is 0 Å². The first kappa shape index (κ1) is 19.4. The van der Waals surface area contributed by atoms with Crippen molar-refractivity contribution in [2.45, 2.75) is 33.4 Å². The normalized spacial score (nSPS) is 11.7. The van der Waals surface area contributed by atoms with Crippen LogP contribution in [-0.2, 0) is 11.3 Å². The van der Waals surface area contributed by atoms with E-state index in [-0.39, 0.29) is 24.3 Å². The van der Waals surface area contributed by atoms with Gasteiger partial charge in [-0.15, -0.1) is 0 Å². The maximum atomic E-state index is 12.6. The molecule has 0 spiro atoms. The molecule has 0 bridgehead atoms. The van der Waals surface area contributed by atoms with E-state index in [0.29, 0.717) is 11.4 Å². The maximum Gasteiger partial charge on any atom is 0.252 e. The number of rotatable bonds is 7. The third kappa shape index (κ3) is 4.81. The zero-order chi connectivity index (χ0) is 19.1. The van der Waals surface area contributed by atoms with Crippen molar-refractivity contribution in [3.8, 4) is 5.88 Å². The van der Waals surface area contributed by atoms with Gasteiger partial charge < -0.3 is 15.4 Å². The van der Waals surface area contributed by atoms with E-state index in [1.54, 1.807) is 24.4 Å². The second-order valence-corrected chi connectivity index (χ2v) is 6.40. The van der Waals surface area contributed by atoms with Crippen molar-refractivity contribution < 1.29 is 14.3 Å². The molecule has 1 aromatic carbocycles. The summed E-state index contributed by atoms with van der Waals surface area (Å²) in [5, 5.41) is 5.69. The van der Waals surface area contributed by atoms with Crippen molar-refractivity contribution in [3.05, 3.63) is 59.3 Å². The fourth-order valence-electron chi connectivity index (χ4n) is 2.62. The summed E-state index contributed by atoms with van der Waals surface area (Å²) < 4.78 is 5.19. The van der Waals surface area contributed by atoms with Crippen LogP contribution in [0.1, 0.15) is 35.3 Å². The van der Waals surface area contributed by atoms with Crippen LogP contribution < -0.4 is 15.4 Å². The first-order chi connectivity index (χ1) is 12.4. The fourth-order valence-corrected chi connectivity index (χ4v) is 2.62. The molecule has 1 heterocycles. The summed E-state index contributed by atoms with van der Waals surface area (Å²) in [7, 11) is 1.53. The monoisotopic (exact) mass is 355 g/mol. The Hall–Kier alpha value is -2.89. The van der Waals surface area contributed by atoms with Gasteiger partial charge in [-0.05, 0) is 30.5 Å². The predicted molar refractivity (Wildman–Crippen MR) is 99.9 cm³/mol. The lowest BCUT2D eigenvalue weighted by Crippen LogP contribution is -2.49. The summed E-state index contributed by atoms with van der Waals surface area (Å²) in [5.74, 6) is -0.0830. The highest BCUT2D eigenvalue weighted by Gasteiger charge is 2.25. The van der Waals surface area contributed by atoms with Crippen molar-refractivity contribution in [2.24, 2.45) is 5.92 Å². The lowest BCUT2D eigenvalue weighted by Gasteiger charge is -2.22. The number of aryl methyl sites for hydroxylation is 1. The number of aromatic nitrogens is 1. The molecule has 6 heteroatoms. The molecule has 26 heavy (non-hydrogen) atoms. The second kappa shape index (κ2) is 8.99. The molecule has 0 fully saturated rings. The number of nitrogens with zero attached hydrogens (tertiary/aromatic N) is 1. The number of amides is 2. The summed E-state index contributed by atoms with van der Waals surface area (Å²) in [4.78, 5) is 29.3. The molecule has 0 aliphatic rings. The number of methoxy groups -OCH3 is 1. The highest BCUT2D eigenvalue weighted by molar-refractivity contribution is 5.98. The van der Waals surface area contributed by atoms with Gasteiger partial charge in [-0.2, -0.15) is 0 Å². The number of carbonyl (C=O) groups excluding carboxylic acids is 2. The molecule has 1 aromatic heterocycles. The third-order valence-electron chi connectivity index (χ3n) is 4.12. The minimum atomic E-state index is -0.634. The Balaban J connectivity index is 2.05. The molecule has 2 rings (SSSR count). The average molecular weight is 355 g/mol. The number of hydrogen-bond acceptors (Lipinski definition) is 4. The third-order valence-corrected chi connectivity index (χ3v) is 4.12. The highest BCUT2D eigenvalue weighted by Crippen LogP contribution is 2.14. The molecule has 0 aliphatic heterocycles. The number of carbonyl (C=O) groups is 2. The van der Waals surface area contributed by atoms with Gasteiger partial charge in [0, 0.05) is 23.9 Å². The van der Waals surface area contributed by atoms with Crippen LogP contribution >= 0.6 is 0 Å². The minimum Gasteiger partial charge on any atom is -0.481 e. The summed E-state index contributed by atoms with van der Waals surface area (Å²) >= 11 is 0. The first-order valence-corrected chi connectivity index (χ1v) is 8.56. The Kier molecular flexibility index (Phi) is 6.72. The summed E-state index contributed by atoms with van der Waals surface area (Å²) in [6, 6.07) is 10.3. The van der Waals surface area contributed by atoms with Crippen LogP contribution in [0, 0.1) is 12.8 Å². The zero-order valence-electron chi connectivity index (χ0n) is 15.6. The fraction of sp³-hybridized carbons (Fsp3) is 0.350. The van der Waals surface area contributed by atoms with Gasteiger partial charge in [0.2, 0.25) is 11.8 Å². The lowest BCUT2D eigenvalue weighted by atomic mass is 10.0. The summed E-state index contributed by atoms with van der Waals surface area (Å²) in [6.07, 6.45) is 1.63. The molecule has 2 aromatic rings. The number of benzene rings is 1. The Labute approximate surface area is 154 Å². The largest absolute Gasteiger partial charge is 0.481 e. The molecule has 0 saturated carbocycles. The van der Waals surface area contributed by atoms with E-state index in [4.69, 9.17) is 4.74 Å². The van der Waals surface area contributed by atoms with E-state index in [1.807, 2.05) is 39.0 Å². The number of hydrogen-bond donors (Lipinski definition) is 2. The smallest absolute Gasteiger partial charge is 0.252 e. The predicted octanol–water partition coefficient (Wildman–Crippen LogP) is 2.47. The Morgan fingerprint density at radius 2 is 1.88 bits per heavy atom. The highest BCUT2D eigenvalue weighted by atomic mass is 16.5. The second-order valence-electron chi connectivity index (χ2n) is 6.40. The van der Waals surface area contributed by atoms with Gasteiger partial charge in [-0.3, -0.25) is 9.59 Å². The molecular formula is C20H25N3O3. The molecule has 0 radical (unpaired) electrons. The minimum absolute atomic E-state index is 0.0567. The van der Waals surface area contributed by atoms with Crippen molar-refractivity contribution in [3.63, 3.8) is 0 Å². The van der Waals surface area contributed by atoms with E-state index in [2.05, 4.69) is 15.6 Å². The molecule has 1 atom stereocenters. The van der Waals surface area contributed by atoms with Gasteiger partial charge in [-0.25, -0.2) is 4.98 Å². The van der Waals surface area contributed by atoms with Crippen molar-refractivity contribution in [1.29, 1.82) is 0 Å². The zero-order valence-corrected chi connectivity index (χ0v) is 15.6. The van der Waals surface area contributed by atoms with E-state index >= 15 is 0 Å². The van der Waals surface area contributed by atoms with Crippen LogP contribution in [-0.4, -0.2) is 29.9 Å². The van der Waals surface area contributed by atoms with Crippen molar-refractivity contribution in [2.75, 3.05) is 7.11 Å². The Bertz CT molecular complexity index is 774. The van der Waals surface area contributed by atoms with E-state index in [0.717, 1.165) is 11.1 Å². The van der Waals surface area contributed by atoms with E-state index in [9.17, 15) is 9.59 Å². The van der Waals surface area contributed by atoms with Gasteiger partial charge in [-0.1, -0.05) is 38.1 Å². The molecule has 2 amide bonds. The Morgan fingerprint density at radius 3 is 2.54 bits per heavy atom. The molecular weight excluding hydrogens is 330 g/mol. The first-order valence-electron chi connectivity index (χ1n) is 8.56. The summed E-state index contributed by atoms with van der Waals surface area (Å²) in [5.41, 5.74) is 2.21. The number of nitrogens with one attached hydrogen (secondary N) is 2. The van der Waals surface area contributed by atoms with Gasteiger partial charge in [0.1, 0.15) is 6.04 Å². The van der Waals surface area contributed by atoms with Gasteiger partial charge in [0.05, 0.1) is 7.11 Å². The van der Waals surface area contributed by atoms with Crippen molar-refractivity contribution >= 4 is 11.8 Å². The van der Waals surface area contributed by atoms with Crippen LogP contribution in [0.15, 0.2) is 42.6 Å². The number of pyridine rings is 1. The quantitative estimate of drug-likeness (QED) is 0.799. The molecule has 0 saturated heterocycles. The topological polar surface area (TPSA) is 80.3 Å². The molecule has 2 N–H and O–H groups in total. The van der Waals surface area contributed by atoms with E-state index < -0.39 is 6.04 Å². The molecule has 138 valence electrons. The van der Waals surface area contributed by atoms with Gasteiger partial charge in [0.25, 0.3) is 5.91 Å². The van der Waals surface area contributed by atoms with Crippen LogP contribution in [0.4, 0.5) is 0 Å². The molecule has 1 unspecified atom stereocenters. The van der Waals surface area contributed by atoms with Gasteiger partial charge >= 0.3 is 0 Å². The standard InChI is InChI=1S/C20H25N3O3/c1-13(2)17(23-18(24)16-10-6-5-8-14(16)3)19(25)22-12-15-9-7-11-21-20(15)26-4/h5-11,13,17H,12H2,1-4H3,(H,22,25)(H,23,24). The van der Waals surface area contributed by atoms with Crippen LogP contribution in [0.2, 0.25) is 0 Å². The average Bonchev–Trinajstić information content (AvgIpc) is 2.64. The molecule has 0 aliphatic carbocycles. The van der Waals surface area contributed by atoms with Crippen LogP contribution in [0.25, 0.3) is 0 Å². The number of ether oxygens (including phenoxy) is 1. The maximum absolute atomic E-state index is 12.6. The van der Waals surface area contributed by atoms with Crippen molar-refractivity contribution in [1.82, 2.24) is 15.6 Å². The van der Waals surface area contributed by atoms with Gasteiger partial charge in [0.15, 0.2) is 0 Å². The van der Waals surface area contributed by atoms with Crippen LogP contribution in [0.5, 0.6) is 5.88 Å².